The molecule has 0 saturated heterocycles. The van der Waals surface area contributed by atoms with Gasteiger partial charge in [0.2, 0.25) is 5.95 Å². The molecule has 2 rings (SSSR count). The third kappa shape index (κ3) is 3.60. The molecule has 1 aromatic carbocycles. The lowest BCUT2D eigenvalue weighted by Crippen LogP contribution is -2.07. The van der Waals surface area contributed by atoms with E-state index in [1.807, 2.05) is 45.0 Å². The van der Waals surface area contributed by atoms with Crippen molar-refractivity contribution in [2.45, 2.75) is 26.9 Å². The predicted molar refractivity (Wildman–Crippen MR) is 78.8 cm³/mol. The molecule has 1 N–H and O–H groups in total. The summed E-state index contributed by atoms with van der Waals surface area (Å²) in [4.78, 5) is 8.47. The molecule has 0 bridgehead atoms. The largest absolute Gasteiger partial charge is 0.493 e. The number of nitrogens with zero attached hydrogens (tertiary/aromatic N) is 2. The molecule has 0 unspecified atom stereocenters. The van der Waals surface area contributed by atoms with Crippen LogP contribution in [0.3, 0.4) is 0 Å². The molecule has 0 aliphatic carbocycles. The third-order valence-electron chi connectivity index (χ3n) is 2.58. The van der Waals surface area contributed by atoms with Crippen molar-refractivity contribution >= 4 is 11.6 Å². The fraction of sp³-hybridized carbons (Fsp3) is 0.333. The van der Waals surface area contributed by atoms with Crippen LogP contribution >= 0.6 is 0 Å². The van der Waals surface area contributed by atoms with E-state index in [0.29, 0.717) is 11.7 Å². The summed E-state index contributed by atoms with van der Waals surface area (Å²) in [6, 6.07) is 7.50. The summed E-state index contributed by atoms with van der Waals surface area (Å²) >= 11 is 0. The summed E-state index contributed by atoms with van der Waals surface area (Å²) in [5, 5.41) is 3.14. The lowest BCUT2D eigenvalue weighted by atomic mass is 10.2. The second-order valence-electron chi connectivity index (χ2n) is 4.68. The molecule has 0 aliphatic rings. The first-order valence-corrected chi connectivity index (χ1v) is 6.50. The van der Waals surface area contributed by atoms with Gasteiger partial charge in [-0.2, -0.15) is 0 Å². The standard InChI is InChI=1S/C15H19N3O2/c1-10(2)20-13-6-5-12(9-14(13)19-4)18-15-16-8-7-11(3)17-15/h5-10H,1-4H3,(H,16,17,18). The zero-order valence-electron chi connectivity index (χ0n) is 12.2. The molecule has 2 aromatic rings. The summed E-state index contributed by atoms with van der Waals surface area (Å²) in [7, 11) is 1.62. The molecule has 20 heavy (non-hydrogen) atoms. The topological polar surface area (TPSA) is 56.3 Å². The number of rotatable bonds is 5. The average Bonchev–Trinajstić information content (AvgIpc) is 2.40. The van der Waals surface area contributed by atoms with E-state index in [1.165, 1.54) is 0 Å². The van der Waals surface area contributed by atoms with E-state index in [1.54, 1.807) is 13.3 Å². The number of ether oxygens (including phenoxy) is 2. The van der Waals surface area contributed by atoms with Crippen molar-refractivity contribution in [1.82, 2.24) is 9.97 Å². The maximum atomic E-state index is 5.68. The zero-order valence-corrected chi connectivity index (χ0v) is 12.2. The van der Waals surface area contributed by atoms with Gasteiger partial charge in [-0.15, -0.1) is 0 Å². The molecule has 0 aliphatic heterocycles. The number of methoxy groups -OCH3 is 1. The van der Waals surface area contributed by atoms with Crippen LogP contribution in [0, 0.1) is 6.92 Å². The van der Waals surface area contributed by atoms with Crippen LogP contribution in [0.1, 0.15) is 19.5 Å². The van der Waals surface area contributed by atoms with Crippen molar-refractivity contribution in [3.8, 4) is 11.5 Å². The molecule has 106 valence electrons. The third-order valence-corrected chi connectivity index (χ3v) is 2.58. The van der Waals surface area contributed by atoms with Gasteiger partial charge in [0, 0.05) is 23.6 Å². The number of aromatic nitrogens is 2. The van der Waals surface area contributed by atoms with Crippen molar-refractivity contribution in [2.24, 2.45) is 0 Å². The van der Waals surface area contributed by atoms with Gasteiger partial charge in [-0.05, 0) is 39.0 Å². The van der Waals surface area contributed by atoms with E-state index < -0.39 is 0 Å². The van der Waals surface area contributed by atoms with Crippen LogP contribution in [0.25, 0.3) is 0 Å². The smallest absolute Gasteiger partial charge is 0.227 e. The van der Waals surface area contributed by atoms with E-state index >= 15 is 0 Å². The quantitative estimate of drug-likeness (QED) is 0.905. The van der Waals surface area contributed by atoms with E-state index in [0.717, 1.165) is 17.1 Å². The Morgan fingerprint density at radius 2 is 1.95 bits per heavy atom. The normalized spacial score (nSPS) is 10.4. The Balaban J connectivity index is 2.21. The fourth-order valence-corrected chi connectivity index (χ4v) is 1.73. The predicted octanol–water partition coefficient (Wildman–Crippen LogP) is 3.32. The molecule has 5 heteroatoms. The number of benzene rings is 1. The Morgan fingerprint density at radius 1 is 1.15 bits per heavy atom. The van der Waals surface area contributed by atoms with Crippen LogP contribution in [-0.4, -0.2) is 23.2 Å². The monoisotopic (exact) mass is 273 g/mol. The van der Waals surface area contributed by atoms with Crippen LogP contribution in [0.5, 0.6) is 11.5 Å². The minimum absolute atomic E-state index is 0.0998. The maximum absolute atomic E-state index is 5.68. The number of hydrogen-bond donors (Lipinski definition) is 1. The highest BCUT2D eigenvalue weighted by Crippen LogP contribution is 2.31. The van der Waals surface area contributed by atoms with E-state index in [4.69, 9.17) is 9.47 Å². The van der Waals surface area contributed by atoms with Gasteiger partial charge in [-0.3, -0.25) is 0 Å². The first kappa shape index (κ1) is 14.1. The van der Waals surface area contributed by atoms with Gasteiger partial charge in [0.25, 0.3) is 0 Å². The van der Waals surface area contributed by atoms with Gasteiger partial charge in [0.05, 0.1) is 13.2 Å². The molecule has 1 heterocycles. The SMILES string of the molecule is COc1cc(Nc2nccc(C)n2)ccc1OC(C)C. The maximum Gasteiger partial charge on any atom is 0.227 e. The van der Waals surface area contributed by atoms with E-state index in [-0.39, 0.29) is 6.10 Å². The van der Waals surface area contributed by atoms with Crippen molar-refractivity contribution in [2.75, 3.05) is 12.4 Å². The molecule has 0 saturated carbocycles. The highest BCUT2D eigenvalue weighted by molar-refractivity contribution is 5.59. The van der Waals surface area contributed by atoms with Crippen molar-refractivity contribution in [1.29, 1.82) is 0 Å². The van der Waals surface area contributed by atoms with Gasteiger partial charge >= 0.3 is 0 Å². The number of nitrogens with one attached hydrogen (secondary N) is 1. The van der Waals surface area contributed by atoms with Crippen LogP contribution in [0.15, 0.2) is 30.5 Å². The Kier molecular flexibility index (Phi) is 4.40. The van der Waals surface area contributed by atoms with Crippen LogP contribution in [0.2, 0.25) is 0 Å². The lowest BCUT2D eigenvalue weighted by Gasteiger charge is -2.14. The first-order chi connectivity index (χ1) is 9.58. The van der Waals surface area contributed by atoms with Gasteiger partial charge < -0.3 is 14.8 Å². The van der Waals surface area contributed by atoms with Crippen LogP contribution < -0.4 is 14.8 Å². The highest BCUT2D eigenvalue weighted by atomic mass is 16.5. The van der Waals surface area contributed by atoms with E-state index in [2.05, 4.69) is 15.3 Å². The number of aryl methyl sites for hydroxylation is 1. The zero-order chi connectivity index (χ0) is 14.5. The summed E-state index contributed by atoms with van der Waals surface area (Å²) in [5.41, 5.74) is 1.76. The van der Waals surface area contributed by atoms with Crippen molar-refractivity contribution < 1.29 is 9.47 Å². The number of anilines is 2. The minimum Gasteiger partial charge on any atom is -0.493 e. The summed E-state index contributed by atoms with van der Waals surface area (Å²) in [6.07, 6.45) is 1.82. The van der Waals surface area contributed by atoms with Gasteiger partial charge in [-0.25, -0.2) is 9.97 Å². The molecule has 0 radical (unpaired) electrons. The van der Waals surface area contributed by atoms with Crippen molar-refractivity contribution in [3.05, 3.63) is 36.2 Å². The van der Waals surface area contributed by atoms with Crippen molar-refractivity contribution in [3.63, 3.8) is 0 Å². The fourth-order valence-electron chi connectivity index (χ4n) is 1.73. The van der Waals surface area contributed by atoms with Gasteiger partial charge in [0.15, 0.2) is 11.5 Å². The molecule has 1 aromatic heterocycles. The highest BCUT2D eigenvalue weighted by Gasteiger charge is 2.08. The Morgan fingerprint density at radius 3 is 2.60 bits per heavy atom. The average molecular weight is 273 g/mol. The molecule has 5 nitrogen and oxygen atoms in total. The lowest BCUT2D eigenvalue weighted by molar-refractivity contribution is 0.230. The van der Waals surface area contributed by atoms with E-state index in [9.17, 15) is 0 Å². The molecule has 0 amide bonds. The molecular formula is C15H19N3O2. The minimum atomic E-state index is 0.0998. The summed E-state index contributed by atoms with van der Waals surface area (Å²) in [6.45, 7) is 5.88. The van der Waals surface area contributed by atoms with Gasteiger partial charge in [-0.1, -0.05) is 0 Å². The van der Waals surface area contributed by atoms with Gasteiger partial charge in [0.1, 0.15) is 0 Å². The second-order valence-corrected chi connectivity index (χ2v) is 4.68. The molecule has 0 fully saturated rings. The van der Waals surface area contributed by atoms with Crippen LogP contribution in [-0.2, 0) is 0 Å². The summed E-state index contributed by atoms with van der Waals surface area (Å²) in [5.74, 6) is 1.96. The Hall–Kier alpha value is -2.30. The Labute approximate surface area is 119 Å². The Bertz CT molecular complexity index is 585. The molecule has 0 atom stereocenters. The van der Waals surface area contributed by atoms with Crippen LogP contribution in [0.4, 0.5) is 11.6 Å². The number of hydrogen-bond acceptors (Lipinski definition) is 5. The first-order valence-electron chi connectivity index (χ1n) is 6.50. The second kappa shape index (κ2) is 6.23. The molecule has 0 spiro atoms. The summed E-state index contributed by atoms with van der Waals surface area (Å²) < 4.78 is 11.0. The molecular weight excluding hydrogens is 254 g/mol.